The number of ketones is 1. The van der Waals surface area contributed by atoms with E-state index in [1.807, 2.05) is 11.8 Å². The molecule has 1 unspecified atom stereocenters. The van der Waals surface area contributed by atoms with Gasteiger partial charge >= 0.3 is 0 Å². The molecule has 4 rings (SSSR count). The van der Waals surface area contributed by atoms with Gasteiger partial charge in [-0.15, -0.1) is 23.1 Å². The van der Waals surface area contributed by atoms with Crippen LogP contribution in [0.25, 0.3) is 0 Å². The molecule has 1 atom stereocenters. The zero-order chi connectivity index (χ0) is 13.7. The SMILES string of the molecule is O=C1CCCC2=C1C(c1cc(Br)cs1)C1=C(CCS1)N2. The van der Waals surface area contributed by atoms with E-state index < -0.39 is 0 Å². The molecule has 0 amide bonds. The van der Waals surface area contributed by atoms with Crippen LogP contribution in [-0.4, -0.2) is 11.5 Å². The molecule has 5 heteroatoms. The lowest BCUT2D eigenvalue weighted by atomic mass is 9.82. The van der Waals surface area contributed by atoms with Gasteiger partial charge in [0.1, 0.15) is 0 Å². The Balaban J connectivity index is 1.87. The molecule has 2 nitrogen and oxygen atoms in total. The van der Waals surface area contributed by atoms with Crippen LogP contribution in [-0.2, 0) is 4.79 Å². The predicted molar refractivity (Wildman–Crippen MR) is 87.9 cm³/mol. The van der Waals surface area contributed by atoms with Crippen molar-refractivity contribution in [1.82, 2.24) is 5.32 Å². The van der Waals surface area contributed by atoms with E-state index >= 15 is 0 Å². The summed E-state index contributed by atoms with van der Waals surface area (Å²) in [4.78, 5) is 15.1. The van der Waals surface area contributed by atoms with E-state index in [1.54, 1.807) is 11.3 Å². The highest BCUT2D eigenvalue weighted by atomic mass is 79.9. The number of carbonyl (C=O) groups is 1. The van der Waals surface area contributed by atoms with Crippen molar-refractivity contribution in [2.24, 2.45) is 0 Å². The average Bonchev–Trinajstić information content (AvgIpc) is 3.05. The van der Waals surface area contributed by atoms with Crippen LogP contribution in [0, 0.1) is 0 Å². The fraction of sp³-hybridized carbons (Fsp3) is 0.400. The molecular weight excluding hydrogens is 354 g/mol. The topological polar surface area (TPSA) is 29.1 Å². The molecular formula is C15H14BrNOS2. The fourth-order valence-electron chi connectivity index (χ4n) is 3.25. The molecule has 0 aromatic carbocycles. The molecule has 0 saturated heterocycles. The first-order valence-electron chi connectivity index (χ1n) is 6.87. The summed E-state index contributed by atoms with van der Waals surface area (Å²) in [6, 6.07) is 2.18. The van der Waals surface area contributed by atoms with E-state index in [0.717, 1.165) is 35.1 Å². The van der Waals surface area contributed by atoms with E-state index in [9.17, 15) is 4.79 Å². The van der Waals surface area contributed by atoms with Gasteiger partial charge in [0.15, 0.2) is 5.78 Å². The zero-order valence-corrected chi connectivity index (χ0v) is 14.1. The summed E-state index contributed by atoms with van der Waals surface area (Å²) >= 11 is 7.22. The summed E-state index contributed by atoms with van der Waals surface area (Å²) in [5.41, 5.74) is 3.59. The van der Waals surface area contributed by atoms with Crippen LogP contribution in [0.5, 0.6) is 0 Å². The van der Waals surface area contributed by atoms with Crippen molar-refractivity contribution in [3.05, 3.63) is 42.7 Å². The molecule has 0 saturated carbocycles. The third kappa shape index (κ3) is 2.02. The number of hydrogen-bond donors (Lipinski definition) is 1. The van der Waals surface area contributed by atoms with Crippen LogP contribution < -0.4 is 5.32 Å². The molecule has 0 bridgehead atoms. The first kappa shape index (κ1) is 13.2. The van der Waals surface area contributed by atoms with E-state index in [-0.39, 0.29) is 5.92 Å². The van der Waals surface area contributed by atoms with Gasteiger partial charge in [0, 0.05) is 48.8 Å². The molecule has 1 aromatic rings. The summed E-state index contributed by atoms with van der Waals surface area (Å²) in [6.07, 6.45) is 3.82. The Morgan fingerprint density at radius 1 is 1.25 bits per heavy atom. The Hall–Kier alpha value is -0.520. The lowest BCUT2D eigenvalue weighted by molar-refractivity contribution is -0.116. The summed E-state index contributed by atoms with van der Waals surface area (Å²) in [5, 5.41) is 5.68. The zero-order valence-electron chi connectivity index (χ0n) is 10.9. The minimum absolute atomic E-state index is 0.192. The Kier molecular flexibility index (Phi) is 3.32. The molecule has 1 N–H and O–H groups in total. The third-order valence-corrected chi connectivity index (χ3v) is 7.05. The van der Waals surface area contributed by atoms with Gasteiger partial charge < -0.3 is 5.32 Å². The van der Waals surface area contributed by atoms with Crippen molar-refractivity contribution in [3.63, 3.8) is 0 Å². The van der Waals surface area contributed by atoms with Gasteiger partial charge in [-0.25, -0.2) is 0 Å². The monoisotopic (exact) mass is 367 g/mol. The highest BCUT2D eigenvalue weighted by molar-refractivity contribution is 9.10. The first-order chi connectivity index (χ1) is 9.74. The maximum atomic E-state index is 12.5. The number of thiophene rings is 1. The highest BCUT2D eigenvalue weighted by Crippen LogP contribution is 2.51. The minimum atomic E-state index is 0.192. The van der Waals surface area contributed by atoms with Gasteiger partial charge in [0.05, 0.1) is 5.92 Å². The average molecular weight is 368 g/mol. The van der Waals surface area contributed by atoms with Gasteiger partial charge in [0.25, 0.3) is 0 Å². The fourth-order valence-corrected chi connectivity index (χ4v) is 6.15. The maximum Gasteiger partial charge on any atom is 0.161 e. The van der Waals surface area contributed by atoms with Gasteiger partial charge in [-0.1, -0.05) is 0 Å². The Morgan fingerprint density at radius 3 is 2.95 bits per heavy atom. The van der Waals surface area contributed by atoms with Crippen molar-refractivity contribution in [1.29, 1.82) is 0 Å². The standard InChI is InChI=1S/C15H14BrNOS2/c16-8-6-12(20-7-8)14-13-9(2-1-3-11(13)18)17-10-4-5-19-15(10)14/h6-7,14,17H,1-5H2. The maximum absolute atomic E-state index is 12.5. The molecule has 1 aliphatic carbocycles. The van der Waals surface area contributed by atoms with Crippen LogP contribution in [0.15, 0.2) is 37.8 Å². The van der Waals surface area contributed by atoms with Crippen molar-refractivity contribution in [2.45, 2.75) is 31.6 Å². The van der Waals surface area contributed by atoms with Gasteiger partial charge in [-0.2, -0.15) is 0 Å². The van der Waals surface area contributed by atoms with Gasteiger partial charge in [-0.05, 0) is 41.3 Å². The molecule has 1 aromatic heterocycles. The summed E-state index contributed by atoms with van der Waals surface area (Å²) < 4.78 is 1.12. The molecule has 2 aliphatic heterocycles. The number of carbonyl (C=O) groups excluding carboxylic acids is 1. The van der Waals surface area contributed by atoms with Gasteiger partial charge in [-0.3, -0.25) is 4.79 Å². The van der Waals surface area contributed by atoms with Crippen molar-refractivity contribution in [2.75, 3.05) is 5.75 Å². The van der Waals surface area contributed by atoms with Crippen LogP contribution in [0.1, 0.15) is 36.5 Å². The number of nitrogens with one attached hydrogen (secondary N) is 1. The van der Waals surface area contributed by atoms with E-state index in [2.05, 4.69) is 32.7 Å². The lowest BCUT2D eigenvalue weighted by Gasteiger charge is -2.32. The second-order valence-corrected chi connectivity index (χ2v) is 8.33. The Morgan fingerprint density at radius 2 is 2.15 bits per heavy atom. The number of hydrogen-bond acceptors (Lipinski definition) is 4. The molecule has 3 aliphatic rings. The lowest BCUT2D eigenvalue weighted by Crippen LogP contribution is -2.30. The van der Waals surface area contributed by atoms with E-state index in [0.29, 0.717) is 12.2 Å². The number of thioether (sulfide) groups is 1. The molecule has 0 spiro atoms. The predicted octanol–water partition coefficient (Wildman–Crippen LogP) is 4.55. The summed E-state index contributed by atoms with van der Waals surface area (Å²) in [6.45, 7) is 0. The number of Topliss-reactive ketones (excluding diaryl/α,β-unsaturated/α-hetero) is 1. The minimum Gasteiger partial charge on any atom is -0.361 e. The summed E-state index contributed by atoms with van der Waals surface area (Å²) in [5.74, 6) is 1.67. The van der Waals surface area contributed by atoms with Crippen molar-refractivity contribution in [3.8, 4) is 0 Å². The van der Waals surface area contributed by atoms with Crippen LogP contribution in [0.4, 0.5) is 0 Å². The number of rotatable bonds is 1. The largest absolute Gasteiger partial charge is 0.361 e. The number of dihydropyridines is 1. The van der Waals surface area contributed by atoms with Crippen molar-refractivity contribution >= 4 is 44.8 Å². The van der Waals surface area contributed by atoms with Crippen LogP contribution >= 0.6 is 39.0 Å². The molecule has 0 fully saturated rings. The summed E-state index contributed by atoms with van der Waals surface area (Å²) in [7, 11) is 0. The Labute approximate surface area is 134 Å². The van der Waals surface area contributed by atoms with Crippen molar-refractivity contribution < 1.29 is 4.79 Å². The van der Waals surface area contributed by atoms with Gasteiger partial charge in [0.2, 0.25) is 0 Å². The Bertz CT molecular complexity index is 659. The molecule has 0 radical (unpaired) electrons. The second-order valence-electron chi connectivity index (χ2n) is 5.34. The second kappa shape index (κ2) is 5.04. The first-order valence-corrected chi connectivity index (χ1v) is 9.53. The quantitative estimate of drug-likeness (QED) is 0.788. The van der Waals surface area contributed by atoms with E-state index in [1.165, 1.54) is 21.2 Å². The molecule has 104 valence electrons. The smallest absolute Gasteiger partial charge is 0.161 e. The molecule has 20 heavy (non-hydrogen) atoms. The normalized spacial score (nSPS) is 25.6. The molecule has 3 heterocycles. The van der Waals surface area contributed by atoms with E-state index in [4.69, 9.17) is 0 Å². The highest BCUT2D eigenvalue weighted by Gasteiger charge is 2.38. The van der Waals surface area contributed by atoms with Crippen LogP contribution in [0.2, 0.25) is 0 Å². The third-order valence-electron chi connectivity index (χ3n) is 4.09. The number of allylic oxidation sites excluding steroid dienone is 4. The van der Waals surface area contributed by atoms with Crippen LogP contribution in [0.3, 0.4) is 0 Å². The number of halogens is 1.